The molecule has 2 fully saturated rings. The monoisotopic (exact) mass is 155 g/mol. The SMILES string of the molecule is CN1CCCCC1C1(O)CC1. The predicted octanol–water partition coefficient (Wildman–Crippen LogP) is 0.996. The number of rotatable bonds is 1. The molecule has 1 N–H and O–H groups in total. The summed E-state index contributed by atoms with van der Waals surface area (Å²) < 4.78 is 0. The Hall–Kier alpha value is -0.0800. The van der Waals surface area contributed by atoms with Gasteiger partial charge in [-0.05, 0) is 39.3 Å². The summed E-state index contributed by atoms with van der Waals surface area (Å²) in [7, 11) is 2.14. The number of hydrogen-bond donors (Lipinski definition) is 1. The van der Waals surface area contributed by atoms with Crippen molar-refractivity contribution in [3.05, 3.63) is 0 Å². The van der Waals surface area contributed by atoms with Gasteiger partial charge in [0.15, 0.2) is 0 Å². The number of likely N-dealkylation sites (tertiary alicyclic amines) is 1. The smallest absolute Gasteiger partial charge is 0.0804 e. The summed E-state index contributed by atoms with van der Waals surface area (Å²) in [6, 6.07) is 0.469. The topological polar surface area (TPSA) is 23.5 Å². The summed E-state index contributed by atoms with van der Waals surface area (Å²) in [6.45, 7) is 1.17. The molecule has 1 aliphatic carbocycles. The lowest BCUT2D eigenvalue weighted by Crippen LogP contribution is -2.45. The van der Waals surface area contributed by atoms with Crippen molar-refractivity contribution in [2.24, 2.45) is 0 Å². The number of piperidine rings is 1. The minimum atomic E-state index is -0.283. The molecule has 0 aromatic rings. The second-order valence-corrected chi connectivity index (χ2v) is 4.10. The Morgan fingerprint density at radius 2 is 2.09 bits per heavy atom. The molecule has 1 unspecified atom stereocenters. The van der Waals surface area contributed by atoms with E-state index in [1.165, 1.54) is 25.8 Å². The van der Waals surface area contributed by atoms with Crippen molar-refractivity contribution in [1.29, 1.82) is 0 Å². The van der Waals surface area contributed by atoms with Crippen LogP contribution in [-0.2, 0) is 0 Å². The van der Waals surface area contributed by atoms with Gasteiger partial charge in [0.05, 0.1) is 5.60 Å². The van der Waals surface area contributed by atoms with Crippen LogP contribution in [0.25, 0.3) is 0 Å². The minimum Gasteiger partial charge on any atom is -0.388 e. The molecule has 0 aromatic carbocycles. The zero-order chi connectivity index (χ0) is 7.90. The minimum absolute atomic E-state index is 0.283. The Kier molecular flexibility index (Phi) is 1.69. The van der Waals surface area contributed by atoms with E-state index in [1.54, 1.807) is 0 Å². The van der Waals surface area contributed by atoms with Crippen LogP contribution in [0.5, 0.6) is 0 Å². The lowest BCUT2D eigenvalue weighted by atomic mass is 9.96. The fraction of sp³-hybridized carbons (Fsp3) is 1.00. The van der Waals surface area contributed by atoms with E-state index in [1.807, 2.05) is 0 Å². The molecule has 0 bridgehead atoms. The van der Waals surface area contributed by atoms with Gasteiger partial charge in [0.1, 0.15) is 0 Å². The molecule has 0 amide bonds. The Bertz CT molecular complexity index is 154. The molecule has 1 aliphatic heterocycles. The van der Waals surface area contributed by atoms with Gasteiger partial charge in [-0.2, -0.15) is 0 Å². The number of aliphatic hydroxyl groups is 1. The summed E-state index contributed by atoms with van der Waals surface area (Å²) in [4.78, 5) is 2.33. The van der Waals surface area contributed by atoms with Gasteiger partial charge in [-0.1, -0.05) is 6.42 Å². The molecule has 2 aliphatic rings. The molecule has 1 atom stereocenters. The van der Waals surface area contributed by atoms with Crippen LogP contribution in [0.1, 0.15) is 32.1 Å². The molecule has 1 saturated heterocycles. The Balaban J connectivity index is 1.99. The Labute approximate surface area is 68.2 Å². The van der Waals surface area contributed by atoms with Crippen LogP contribution >= 0.6 is 0 Å². The Morgan fingerprint density at radius 3 is 2.64 bits per heavy atom. The first-order valence-electron chi connectivity index (χ1n) is 4.65. The van der Waals surface area contributed by atoms with E-state index in [2.05, 4.69) is 11.9 Å². The van der Waals surface area contributed by atoms with Crippen molar-refractivity contribution in [2.75, 3.05) is 13.6 Å². The first kappa shape index (κ1) is 7.56. The van der Waals surface area contributed by atoms with Crippen molar-refractivity contribution in [2.45, 2.75) is 43.7 Å². The standard InChI is InChI=1S/C9H17NO/c1-10-7-3-2-4-8(10)9(11)5-6-9/h8,11H,2-7H2,1H3. The van der Waals surface area contributed by atoms with Crippen molar-refractivity contribution < 1.29 is 5.11 Å². The summed E-state index contributed by atoms with van der Waals surface area (Å²) >= 11 is 0. The third kappa shape index (κ3) is 1.30. The summed E-state index contributed by atoms with van der Waals surface area (Å²) in [5, 5.41) is 9.88. The van der Waals surface area contributed by atoms with Crippen LogP contribution in [0.4, 0.5) is 0 Å². The third-order valence-corrected chi connectivity index (χ3v) is 3.15. The van der Waals surface area contributed by atoms with Gasteiger partial charge in [-0.3, -0.25) is 0 Å². The molecule has 1 saturated carbocycles. The molecule has 0 radical (unpaired) electrons. The molecule has 2 heteroatoms. The molecule has 0 spiro atoms. The molecule has 64 valence electrons. The maximum atomic E-state index is 9.88. The highest BCUT2D eigenvalue weighted by Crippen LogP contribution is 2.43. The highest BCUT2D eigenvalue weighted by Gasteiger charge is 2.49. The molecule has 1 heterocycles. The van der Waals surface area contributed by atoms with Gasteiger partial charge < -0.3 is 10.0 Å². The first-order valence-corrected chi connectivity index (χ1v) is 4.65. The van der Waals surface area contributed by atoms with Crippen molar-refractivity contribution in [3.8, 4) is 0 Å². The van der Waals surface area contributed by atoms with E-state index in [0.717, 1.165) is 12.8 Å². The molecule has 11 heavy (non-hydrogen) atoms. The molecule has 0 aromatic heterocycles. The number of likely N-dealkylation sites (N-methyl/N-ethyl adjacent to an activating group) is 1. The molecular formula is C9H17NO. The van der Waals surface area contributed by atoms with Crippen LogP contribution in [0.2, 0.25) is 0 Å². The number of nitrogens with zero attached hydrogens (tertiary/aromatic N) is 1. The van der Waals surface area contributed by atoms with Crippen molar-refractivity contribution >= 4 is 0 Å². The third-order valence-electron chi connectivity index (χ3n) is 3.15. The van der Waals surface area contributed by atoms with Crippen LogP contribution < -0.4 is 0 Å². The summed E-state index contributed by atoms with van der Waals surface area (Å²) in [5.74, 6) is 0. The summed E-state index contributed by atoms with van der Waals surface area (Å²) in [5.41, 5.74) is -0.283. The lowest BCUT2D eigenvalue weighted by Gasteiger charge is -2.35. The van der Waals surface area contributed by atoms with E-state index in [-0.39, 0.29) is 5.60 Å². The predicted molar refractivity (Wildman–Crippen MR) is 44.5 cm³/mol. The van der Waals surface area contributed by atoms with E-state index < -0.39 is 0 Å². The van der Waals surface area contributed by atoms with E-state index in [0.29, 0.717) is 6.04 Å². The van der Waals surface area contributed by atoms with Gasteiger partial charge >= 0.3 is 0 Å². The van der Waals surface area contributed by atoms with E-state index in [4.69, 9.17) is 0 Å². The summed E-state index contributed by atoms with van der Waals surface area (Å²) in [6.07, 6.45) is 5.87. The zero-order valence-corrected chi connectivity index (χ0v) is 7.21. The second-order valence-electron chi connectivity index (χ2n) is 4.10. The second kappa shape index (κ2) is 2.46. The Morgan fingerprint density at radius 1 is 1.36 bits per heavy atom. The van der Waals surface area contributed by atoms with Crippen LogP contribution in [-0.4, -0.2) is 35.2 Å². The van der Waals surface area contributed by atoms with Gasteiger partial charge in [-0.15, -0.1) is 0 Å². The average Bonchev–Trinajstić information content (AvgIpc) is 2.70. The van der Waals surface area contributed by atoms with Crippen LogP contribution in [0.15, 0.2) is 0 Å². The highest BCUT2D eigenvalue weighted by molar-refractivity contribution is 5.04. The normalized spacial score (nSPS) is 37.1. The fourth-order valence-corrected chi connectivity index (χ4v) is 2.22. The fourth-order valence-electron chi connectivity index (χ4n) is 2.22. The quantitative estimate of drug-likeness (QED) is 0.610. The van der Waals surface area contributed by atoms with Gasteiger partial charge in [0.2, 0.25) is 0 Å². The van der Waals surface area contributed by atoms with E-state index >= 15 is 0 Å². The maximum absolute atomic E-state index is 9.88. The maximum Gasteiger partial charge on any atom is 0.0804 e. The first-order chi connectivity index (χ1) is 5.22. The highest BCUT2D eigenvalue weighted by atomic mass is 16.3. The lowest BCUT2D eigenvalue weighted by molar-refractivity contribution is 0.0219. The van der Waals surface area contributed by atoms with Crippen LogP contribution in [0.3, 0.4) is 0 Å². The van der Waals surface area contributed by atoms with Gasteiger partial charge in [-0.25, -0.2) is 0 Å². The van der Waals surface area contributed by atoms with Crippen molar-refractivity contribution in [3.63, 3.8) is 0 Å². The number of hydrogen-bond acceptors (Lipinski definition) is 2. The largest absolute Gasteiger partial charge is 0.388 e. The molecular weight excluding hydrogens is 138 g/mol. The van der Waals surface area contributed by atoms with Crippen molar-refractivity contribution in [1.82, 2.24) is 4.90 Å². The van der Waals surface area contributed by atoms with E-state index in [9.17, 15) is 5.11 Å². The average molecular weight is 155 g/mol. The van der Waals surface area contributed by atoms with Gasteiger partial charge in [0, 0.05) is 6.04 Å². The molecule has 2 rings (SSSR count). The molecule has 2 nitrogen and oxygen atoms in total. The van der Waals surface area contributed by atoms with Crippen LogP contribution in [0, 0.1) is 0 Å². The zero-order valence-electron chi connectivity index (χ0n) is 7.21. The van der Waals surface area contributed by atoms with Gasteiger partial charge in [0.25, 0.3) is 0 Å².